The molecule has 0 spiro atoms. The Labute approximate surface area is 119 Å². The number of para-hydroxylation sites is 1. The van der Waals surface area contributed by atoms with Crippen molar-refractivity contribution >= 4 is 15.7 Å². The van der Waals surface area contributed by atoms with Gasteiger partial charge in [-0.1, -0.05) is 12.1 Å². The van der Waals surface area contributed by atoms with Crippen molar-refractivity contribution in [1.29, 1.82) is 0 Å². The molecule has 0 bridgehead atoms. The second kappa shape index (κ2) is 5.64. The van der Waals surface area contributed by atoms with E-state index in [-0.39, 0.29) is 4.90 Å². The Morgan fingerprint density at radius 3 is 2.55 bits per heavy atom. The molecule has 0 radical (unpaired) electrons. The zero-order valence-electron chi connectivity index (χ0n) is 11.7. The fourth-order valence-electron chi connectivity index (χ4n) is 1.78. The lowest BCUT2D eigenvalue weighted by molar-refractivity contribution is 0.521. The molecule has 20 heavy (non-hydrogen) atoms. The van der Waals surface area contributed by atoms with Crippen LogP contribution in [0.5, 0.6) is 0 Å². The topological polar surface area (TPSA) is 67.2 Å². The van der Waals surface area contributed by atoms with Crippen LogP contribution >= 0.6 is 0 Å². The van der Waals surface area contributed by atoms with Gasteiger partial charge in [-0.2, -0.15) is 5.10 Å². The van der Waals surface area contributed by atoms with E-state index >= 15 is 0 Å². The van der Waals surface area contributed by atoms with E-state index in [1.54, 1.807) is 28.9 Å². The van der Waals surface area contributed by atoms with Crippen LogP contribution in [0.25, 0.3) is 0 Å². The molecule has 0 aliphatic carbocycles. The van der Waals surface area contributed by atoms with E-state index < -0.39 is 10.0 Å². The van der Waals surface area contributed by atoms with Crippen molar-refractivity contribution in [3.63, 3.8) is 0 Å². The fraction of sp³-hybridized carbons (Fsp3) is 0.308. The summed E-state index contributed by atoms with van der Waals surface area (Å²) in [4.78, 5) is 0.265. The maximum atomic E-state index is 12.2. The standard InChI is InChI=1S/C13H18N4O2S/c1-16(2)20(18,19)13-7-5-4-6-12(13)14-10-11-8-9-17(3)15-11/h4-9,14H,10H2,1-3H3. The number of anilines is 1. The summed E-state index contributed by atoms with van der Waals surface area (Å²) in [5, 5.41) is 7.37. The molecule has 1 aromatic carbocycles. The number of nitrogens with zero attached hydrogens (tertiary/aromatic N) is 3. The van der Waals surface area contributed by atoms with Gasteiger partial charge in [-0.05, 0) is 18.2 Å². The fourth-order valence-corrected chi connectivity index (χ4v) is 2.84. The van der Waals surface area contributed by atoms with Crippen LogP contribution in [-0.4, -0.2) is 36.6 Å². The highest BCUT2D eigenvalue weighted by Crippen LogP contribution is 2.23. The Kier molecular flexibility index (Phi) is 4.10. The highest BCUT2D eigenvalue weighted by molar-refractivity contribution is 7.89. The normalized spacial score (nSPS) is 11.8. The van der Waals surface area contributed by atoms with E-state index in [0.29, 0.717) is 12.2 Å². The van der Waals surface area contributed by atoms with E-state index in [1.165, 1.54) is 18.4 Å². The molecule has 2 rings (SSSR count). The van der Waals surface area contributed by atoms with Crippen molar-refractivity contribution in [2.75, 3.05) is 19.4 Å². The van der Waals surface area contributed by atoms with E-state index in [4.69, 9.17) is 0 Å². The van der Waals surface area contributed by atoms with Gasteiger partial charge in [0.1, 0.15) is 4.90 Å². The molecule has 108 valence electrons. The van der Waals surface area contributed by atoms with Gasteiger partial charge >= 0.3 is 0 Å². The van der Waals surface area contributed by atoms with Crippen molar-refractivity contribution in [3.8, 4) is 0 Å². The molecule has 0 aliphatic rings. The van der Waals surface area contributed by atoms with Crippen LogP contribution < -0.4 is 5.32 Å². The predicted octanol–water partition coefficient (Wildman–Crippen LogP) is 1.28. The van der Waals surface area contributed by atoms with Crippen LogP contribution in [0.2, 0.25) is 0 Å². The third-order valence-corrected chi connectivity index (χ3v) is 4.75. The number of aromatic nitrogens is 2. The summed E-state index contributed by atoms with van der Waals surface area (Å²) in [5.74, 6) is 0. The highest BCUT2D eigenvalue weighted by atomic mass is 32.2. The Morgan fingerprint density at radius 2 is 1.95 bits per heavy atom. The summed E-state index contributed by atoms with van der Waals surface area (Å²) in [6, 6.07) is 8.74. The number of hydrogen-bond acceptors (Lipinski definition) is 4. The summed E-state index contributed by atoms with van der Waals surface area (Å²) >= 11 is 0. The summed E-state index contributed by atoms with van der Waals surface area (Å²) in [5.41, 5.74) is 1.43. The van der Waals surface area contributed by atoms with Gasteiger partial charge < -0.3 is 5.32 Å². The second-order valence-electron chi connectivity index (χ2n) is 4.62. The van der Waals surface area contributed by atoms with Crippen molar-refractivity contribution in [3.05, 3.63) is 42.2 Å². The molecule has 6 nitrogen and oxygen atoms in total. The van der Waals surface area contributed by atoms with Gasteiger partial charge in [0, 0.05) is 27.3 Å². The molecule has 1 aromatic heterocycles. The molecule has 0 atom stereocenters. The zero-order valence-corrected chi connectivity index (χ0v) is 12.6. The Morgan fingerprint density at radius 1 is 1.25 bits per heavy atom. The van der Waals surface area contributed by atoms with Crippen LogP contribution in [0.3, 0.4) is 0 Å². The first kappa shape index (κ1) is 14.5. The minimum Gasteiger partial charge on any atom is -0.378 e. The molecular formula is C13H18N4O2S. The van der Waals surface area contributed by atoms with Crippen molar-refractivity contribution in [2.24, 2.45) is 7.05 Å². The van der Waals surface area contributed by atoms with Gasteiger partial charge in [0.2, 0.25) is 10.0 Å². The van der Waals surface area contributed by atoms with Crippen LogP contribution in [0.1, 0.15) is 5.69 Å². The third kappa shape index (κ3) is 3.00. The minimum absolute atomic E-state index is 0.265. The van der Waals surface area contributed by atoms with Gasteiger partial charge in [0.25, 0.3) is 0 Å². The molecule has 0 saturated heterocycles. The molecular weight excluding hydrogens is 276 g/mol. The van der Waals surface area contributed by atoms with E-state index in [1.807, 2.05) is 19.3 Å². The Balaban J connectivity index is 2.25. The van der Waals surface area contributed by atoms with Crippen LogP contribution in [0.15, 0.2) is 41.4 Å². The average molecular weight is 294 g/mol. The lowest BCUT2D eigenvalue weighted by Crippen LogP contribution is -2.23. The van der Waals surface area contributed by atoms with Crippen molar-refractivity contribution in [2.45, 2.75) is 11.4 Å². The summed E-state index contributed by atoms with van der Waals surface area (Å²) in [6.45, 7) is 0.473. The van der Waals surface area contributed by atoms with Gasteiger partial charge in [-0.25, -0.2) is 12.7 Å². The van der Waals surface area contributed by atoms with E-state index in [2.05, 4.69) is 10.4 Å². The second-order valence-corrected chi connectivity index (χ2v) is 6.74. The molecule has 2 aromatic rings. The Hall–Kier alpha value is -1.86. The van der Waals surface area contributed by atoms with Gasteiger partial charge in [0.15, 0.2) is 0 Å². The number of sulfonamides is 1. The number of nitrogens with one attached hydrogen (secondary N) is 1. The van der Waals surface area contributed by atoms with Crippen LogP contribution in [0.4, 0.5) is 5.69 Å². The van der Waals surface area contributed by atoms with Crippen LogP contribution in [-0.2, 0) is 23.6 Å². The lowest BCUT2D eigenvalue weighted by Gasteiger charge is -2.15. The SMILES string of the molecule is CN(C)S(=O)(=O)c1ccccc1NCc1ccn(C)n1. The lowest BCUT2D eigenvalue weighted by atomic mass is 10.3. The first-order valence-corrected chi connectivity index (χ1v) is 7.59. The first-order chi connectivity index (χ1) is 9.41. The maximum Gasteiger partial charge on any atom is 0.244 e. The highest BCUT2D eigenvalue weighted by Gasteiger charge is 2.20. The van der Waals surface area contributed by atoms with Gasteiger partial charge in [-0.15, -0.1) is 0 Å². The molecule has 0 amide bonds. The Bertz CT molecular complexity index is 692. The summed E-state index contributed by atoms with van der Waals surface area (Å²) < 4.78 is 27.4. The number of rotatable bonds is 5. The largest absolute Gasteiger partial charge is 0.378 e. The van der Waals surface area contributed by atoms with E-state index in [9.17, 15) is 8.42 Å². The number of hydrogen-bond donors (Lipinski definition) is 1. The first-order valence-electron chi connectivity index (χ1n) is 6.15. The maximum absolute atomic E-state index is 12.2. The van der Waals surface area contributed by atoms with E-state index in [0.717, 1.165) is 5.69 Å². The van der Waals surface area contributed by atoms with Crippen LogP contribution in [0, 0.1) is 0 Å². The van der Waals surface area contributed by atoms with Gasteiger partial charge in [-0.3, -0.25) is 4.68 Å². The average Bonchev–Trinajstić information content (AvgIpc) is 2.82. The monoisotopic (exact) mass is 294 g/mol. The minimum atomic E-state index is -3.46. The molecule has 0 fully saturated rings. The molecule has 1 heterocycles. The summed E-state index contributed by atoms with van der Waals surface area (Å²) in [7, 11) is 1.42. The third-order valence-electron chi connectivity index (χ3n) is 2.87. The molecule has 0 aliphatic heterocycles. The molecule has 7 heteroatoms. The molecule has 0 unspecified atom stereocenters. The predicted molar refractivity (Wildman–Crippen MR) is 77.8 cm³/mol. The number of benzene rings is 1. The summed E-state index contributed by atoms with van der Waals surface area (Å²) in [6.07, 6.45) is 1.85. The molecule has 1 N–H and O–H groups in total. The van der Waals surface area contributed by atoms with Crippen molar-refractivity contribution < 1.29 is 8.42 Å². The smallest absolute Gasteiger partial charge is 0.244 e. The zero-order chi connectivity index (χ0) is 14.8. The van der Waals surface area contributed by atoms with Gasteiger partial charge in [0.05, 0.1) is 17.9 Å². The quantitative estimate of drug-likeness (QED) is 0.902. The molecule has 0 saturated carbocycles. The van der Waals surface area contributed by atoms with Crippen molar-refractivity contribution in [1.82, 2.24) is 14.1 Å². The number of aryl methyl sites for hydroxylation is 1.